The van der Waals surface area contributed by atoms with Gasteiger partial charge in [0, 0.05) is 0 Å². The molecule has 2 heterocycles. The normalized spacial score (nSPS) is 10.1. The van der Waals surface area contributed by atoms with Gasteiger partial charge in [-0.1, -0.05) is 22.9 Å². The number of carbonyl (C=O) groups is 1. The van der Waals surface area contributed by atoms with Gasteiger partial charge in [0.05, 0.1) is 18.6 Å². The van der Waals surface area contributed by atoms with Crippen molar-refractivity contribution in [3.05, 3.63) is 28.6 Å². The van der Waals surface area contributed by atoms with E-state index in [1.165, 1.54) is 18.6 Å². The molecule has 16 heavy (non-hydrogen) atoms. The van der Waals surface area contributed by atoms with Crippen molar-refractivity contribution in [2.24, 2.45) is 5.73 Å². The van der Waals surface area contributed by atoms with Crippen molar-refractivity contribution in [3.63, 3.8) is 0 Å². The second-order valence-electron chi connectivity index (χ2n) is 2.75. The third-order valence-corrected chi connectivity index (χ3v) is 2.70. The predicted octanol–water partition coefficient (Wildman–Crippen LogP) is 1.43. The van der Waals surface area contributed by atoms with Crippen molar-refractivity contribution in [2.75, 3.05) is 5.32 Å². The van der Waals surface area contributed by atoms with Crippen molar-refractivity contribution in [2.45, 2.75) is 0 Å². The first-order valence-electron chi connectivity index (χ1n) is 4.15. The number of primary amides is 1. The summed E-state index contributed by atoms with van der Waals surface area (Å²) >= 11 is 6.80. The van der Waals surface area contributed by atoms with Gasteiger partial charge in [0.1, 0.15) is 10.0 Å². The zero-order chi connectivity index (χ0) is 11.5. The molecular formula is C8H6ClN5OS. The number of nitrogens with two attached hydrogens (primary N) is 1. The first kappa shape index (κ1) is 10.8. The van der Waals surface area contributed by atoms with Crippen molar-refractivity contribution >= 4 is 39.8 Å². The van der Waals surface area contributed by atoms with Gasteiger partial charge in [0.15, 0.2) is 10.9 Å². The largest absolute Gasteiger partial charge is 0.365 e. The Kier molecular flexibility index (Phi) is 2.97. The number of nitrogens with zero attached hydrogens (tertiary/aromatic N) is 3. The molecule has 0 radical (unpaired) electrons. The lowest BCUT2D eigenvalue weighted by Gasteiger charge is -1.99. The molecule has 0 fully saturated rings. The molecule has 0 spiro atoms. The average Bonchev–Trinajstić information content (AvgIpc) is 2.66. The van der Waals surface area contributed by atoms with Crippen molar-refractivity contribution < 1.29 is 4.79 Å². The van der Waals surface area contributed by atoms with Gasteiger partial charge >= 0.3 is 0 Å². The van der Waals surface area contributed by atoms with E-state index in [1.807, 2.05) is 0 Å². The molecule has 0 saturated heterocycles. The van der Waals surface area contributed by atoms with Crippen LogP contribution in [0.1, 0.15) is 9.67 Å². The molecule has 0 aliphatic heterocycles. The Morgan fingerprint density at radius 1 is 1.44 bits per heavy atom. The zero-order valence-electron chi connectivity index (χ0n) is 7.85. The quantitative estimate of drug-likeness (QED) is 0.865. The number of rotatable bonds is 3. The van der Waals surface area contributed by atoms with E-state index in [-0.39, 0.29) is 5.15 Å². The number of thiazole rings is 1. The van der Waals surface area contributed by atoms with Crippen LogP contribution in [0.15, 0.2) is 18.6 Å². The van der Waals surface area contributed by atoms with Gasteiger partial charge in [-0.05, 0) is 0 Å². The van der Waals surface area contributed by atoms with Gasteiger partial charge in [-0.15, -0.1) is 0 Å². The minimum atomic E-state index is -0.511. The number of halogens is 1. The van der Waals surface area contributed by atoms with Crippen LogP contribution < -0.4 is 11.1 Å². The maximum Gasteiger partial charge on any atom is 0.260 e. The fraction of sp³-hybridized carbons (Fsp3) is 0. The van der Waals surface area contributed by atoms with Gasteiger partial charge in [0.2, 0.25) is 0 Å². The Morgan fingerprint density at radius 3 is 2.88 bits per heavy atom. The number of carbonyl (C=O) groups excluding carboxylic acids is 1. The number of nitrogens with one attached hydrogen (secondary N) is 1. The first-order chi connectivity index (χ1) is 7.65. The summed E-state index contributed by atoms with van der Waals surface area (Å²) in [4.78, 5) is 23.0. The molecule has 2 aromatic rings. The molecule has 0 atom stereocenters. The van der Waals surface area contributed by atoms with Crippen LogP contribution in [0.4, 0.5) is 10.9 Å². The third-order valence-electron chi connectivity index (χ3n) is 1.59. The number of aromatic nitrogens is 3. The lowest BCUT2D eigenvalue weighted by atomic mass is 10.5. The SMILES string of the molecule is NC(=O)c1cnc(Nc2cncc(Cl)n2)s1. The lowest BCUT2D eigenvalue weighted by molar-refractivity contribution is 0.100. The molecule has 0 aromatic carbocycles. The molecular weight excluding hydrogens is 250 g/mol. The van der Waals surface area contributed by atoms with Crippen LogP contribution in [-0.4, -0.2) is 20.9 Å². The van der Waals surface area contributed by atoms with E-state index < -0.39 is 5.91 Å². The monoisotopic (exact) mass is 255 g/mol. The summed E-state index contributed by atoms with van der Waals surface area (Å²) in [5.74, 6) is -0.0550. The Labute approximate surface area is 99.5 Å². The molecule has 82 valence electrons. The summed E-state index contributed by atoms with van der Waals surface area (Å²) in [6.45, 7) is 0. The molecule has 8 heteroatoms. The Hall–Kier alpha value is -1.73. The van der Waals surface area contributed by atoms with Crippen LogP contribution in [0.3, 0.4) is 0 Å². The standard InChI is InChI=1S/C8H6ClN5OS/c9-5-2-11-3-6(13-5)14-8-12-1-4(16-8)7(10)15/h1-3H,(H2,10,15)(H,12,13,14). The highest BCUT2D eigenvalue weighted by Gasteiger charge is 2.07. The zero-order valence-corrected chi connectivity index (χ0v) is 9.42. The maximum atomic E-state index is 10.8. The fourth-order valence-corrected chi connectivity index (χ4v) is 1.78. The summed E-state index contributed by atoms with van der Waals surface area (Å²) in [7, 11) is 0. The van der Waals surface area contributed by atoms with E-state index in [1.54, 1.807) is 0 Å². The summed E-state index contributed by atoms with van der Waals surface area (Å²) in [6.07, 6.45) is 4.31. The van der Waals surface area contributed by atoms with E-state index in [9.17, 15) is 4.79 Å². The Bertz CT molecular complexity index is 529. The number of hydrogen-bond donors (Lipinski definition) is 2. The van der Waals surface area contributed by atoms with Crippen LogP contribution in [-0.2, 0) is 0 Å². The minimum Gasteiger partial charge on any atom is -0.365 e. The van der Waals surface area contributed by atoms with E-state index >= 15 is 0 Å². The molecule has 6 nitrogen and oxygen atoms in total. The molecule has 3 N–H and O–H groups in total. The summed E-state index contributed by atoms with van der Waals surface area (Å²) < 4.78 is 0. The van der Waals surface area contributed by atoms with Crippen LogP contribution in [0.5, 0.6) is 0 Å². The van der Waals surface area contributed by atoms with Crippen molar-refractivity contribution in [3.8, 4) is 0 Å². The van der Waals surface area contributed by atoms with Crippen molar-refractivity contribution in [1.29, 1.82) is 0 Å². The molecule has 1 amide bonds. The third kappa shape index (κ3) is 2.44. The molecule has 2 rings (SSSR count). The highest BCUT2D eigenvalue weighted by Crippen LogP contribution is 2.21. The summed E-state index contributed by atoms with van der Waals surface area (Å²) in [5.41, 5.74) is 5.10. The van der Waals surface area contributed by atoms with E-state index in [0.29, 0.717) is 15.8 Å². The first-order valence-corrected chi connectivity index (χ1v) is 5.35. The topological polar surface area (TPSA) is 93.8 Å². The Morgan fingerprint density at radius 2 is 2.25 bits per heavy atom. The highest BCUT2D eigenvalue weighted by molar-refractivity contribution is 7.17. The second kappa shape index (κ2) is 4.42. The molecule has 0 aliphatic carbocycles. The number of amides is 1. The van der Waals surface area contributed by atoms with E-state index in [0.717, 1.165) is 11.3 Å². The van der Waals surface area contributed by atoms with Crippen molar-refractivity contribution in [1.82, 2.24) is 15.0 Å². The summed E-state index contributed by atoms with van der Waals surface area (Å²) in [5, 5.41) is 3.64. The molecule has 0 unspecified atom stereocenters. The van der Waals surface area contributed by atoms with Gasteiger partial charge in [-0.25, -0.2) is 9.97 Å². The van der Waals surface area contributed by atoms with Crippen LogP contribution >= 0.6 is 22.9 Å². The predicted molar refractivity (Wildman–Crippen MR) is 61.0 cm³/mol. The summed E-state index contributed by atoms with van der Waals surface area (Å²) in [6, 6.07) is 0. The van der Waals surface area contributed by atoms with Crippen LogP contribution in [0, 0.1) is 0 Å². The number of hydrogen-bond acceptors (Lipinski definition) is 6. The molecule has 0 saturated carbocycles. The number of anilines is 2. The second-order valence-corrected chi connectivity index (χ2v) is 4.16. The van der Waals surface area contributed by atoms with Crippen LogP contribution in [0.2, 0.25) is 5.15 Å². The average molecular weight is 256 g/mol. The maximum absolute atomic E-state index is 10.8. The van der Waals surface area contributed by atoms with E-state index in [2.05, 4.69) is 20.3 Å². The lowest BCUT2D eigenvalue weighted by Crippen LogP contribution is -2.08. The van der Waals surface area contributed by atoms with Crippen LogP contribution in [0.25, 0.3) is 0 Å². The van der Waals surface area contributed by atoms with Gasteiger partial charge < -0.3 is 11.1 Å². The highest BCUT2D eigenvalue weighted by atomic mass is 35.5. The molecule has 0 aliphatic rings. The smallest absolute Gasteiger partial charge is 0.260 e. The van der Waals surface area contributed by atoms with Gasteiger partial charge in [-0.3, -0.25) is 9.78 Å². The van der Waals surface area contributed by atoms with Gasteiger partial charge in [-0.2, -0.15) is 0 Å². The fourth-order valence-electron chi connectivity index (χ4n) is 0.958. The Balaban J connectivity index is 2.17. The molecule has 0 bridgehead atoms. The minimum absolute atomic E-state index is 0.275. The molecule has 2 aromatic heterocycles. The van der Waals surface area contributed by atoms with E-state index in [4.69, 9.17) is 17.3 Å². The van der Waals surface area contributed by atoms with Gasteiger partial charge in [0.25, 0.3) is 5.91 Å².